The van der Waals surface area contributed by atoms with E-state index in [2.05, 4.69) is 101 Å². The molecule has 2 aromatic carbocycles. The zero-order chi connectivity index (χ0) is 45.4. The van der Waals surface area contributed by atoms with Crippen LogP contribution >= 0.6 is 0 Å². The van der Waals surface area contributed by atoms with Gasteiger partial charge in [0, 0.05) is 53.6 Å². The fourth-order valence-corrected chi connectivity index (χ4v) is 9.91. The van der Waals surface area contributed by atoms with E-state index in [9.17, 15) is 25.9 Å². The van der Waals surface area contributed by atoms with E-state index in [1.807, 2.05) is 0 Å². The van der Waals surface area contributed by atoms with Crippen molar-refractivity contribution in [1.29, 1.82) is 0 Å². The van der Waals surface area contributed by atoms with E-state index >= 15 is 0 Å². The molecule has 1 aliphatic carbocycles. The van der Waals surface area contributed by atoms with Crippen molar-refractivity contribution in [2.24, 2.45) is 5.41 Å². The lowest BCUT2D eigenvalue weighted by Crippen LogP contribution is -2.30. The summed E-state index contributed by atoms with van der Waals surface area (Å²) >= 11 is 0. The topological polar surface area (TPSA) is 220 Å². The van der Waals surface area contributed by atoms with Gasteiger partial charge >= 0.3 is 21.2 Å². The summed E-state index contributed by atoms with van der Waals surface area (Å²) in [5.74, 6) is -0.416. The summed E-state index contributed by atoms with van der Waals surface area (Å²) < 4.78 is 121. The fraction of sp³-hybridized carbons (Fsp3) is 0.548. The van der Waals surface area contributed by atoms with Gasteiger partial charge in [0.1, 0.15) is 6.54 Å². The van der Waals surface area contributed by atoms with Gasteiger partial charge in [-0.15, -0.1) is 25.3 Å². The van der Waals surface area contributed by atoms with Gasteiger partial charge in [-0.05, 0) is 98.8 Å². The minimum absolute atomic E-state index is 0.0805. The lowest BCUT2D eigenvalue weighted by atomic mass is 9.71. The average Bonchev–Trinajstić information content (AvgIpc) is 3.46. The van der Waals surface area contributed by atoms with Crippen LogP contribution in [0.3, 0.4) is 0 Å². The monoisotopic (exact) mass is 910 g/mol. The van der Waals surface area contributed by atoms with Crippen molar-refractivity contribution >= 4 is 58.5 Å². The number of anilines is 1. The zero-order valence-electron chi connectivity index (χ0n) is 35.6. The minimum atomic E-state index is -4.40. The Labute approximate surface area is 358 Å². The van der Waals surface area contributed by atoms with E-state index in [0.717, 1.165) is 68.5 Å². The number of fused-ring (bicyclic) bond motifs is 2. The van der Waals surface area contributed by atoms with Crippen molar-refractivity contribution in [3.63, 3.8) is 0 Å². The predicted octanol–water partition coefficient (Wildman–Crippen LogP) is 7.34. The Morgan fingerprint density at radius 2 is 1.45 bits per heavy atom. The third-order valence-electron chi connectivity index (χ3n) is 11.3. The molecule has 0 fully saturated rings. The molecular weight excluding hydrogens is 853 g/mol. The number of hydrogen-bond donors (Lipinski definition) is 1. The molecule has 0 bridgehead atoms. The van der Waals surface area contributed by atoms with E-state index in [0.29, 0.717) is 13.0 Å². The summed E-state index contributed by atoms with van der Waals surface area (Å²) in [5.41, 5.74) is 10.3. The highest BCUT2D eigenvalue weighted by atomic mass is 32.2. The SMILES string of the molecule is CCCCN1/C(=C/C=C2\CCCC(CCC3=[N+](CCCCS(=O)(=O)[O-])c4ccc(S(=O)(=O)O)cc4C3(C)C)=C2C(C)(C)C)C(C)(C)c2ccccc21.O=S(=O)=O.O=S(=O)=O. The average molecular weight is 911 g/mol. The Kier molecular flexibility index (Phi) is 17.2. The highest BCUT2D eigenvalue weighted by Gasteiger charge is 2.46. The Hall–Kier alpha value is -3.81. The number of allylic oxidation sites excluding steroid dienone is 6. The number of nitrogens with zero attached hydrogens (tertiary/aromatic N) is 2. The van der Waals surface area contributed by atoms with Gasteiger partial charge in [0.15, 0.2) is 5.71 Å². The van der Waals surface area contributed by atoms with Crippen molar-refractivity contribution in [2.75, 3.05) is 23.7 Å². The molecule has 0 saturated carbocycles. The molecule has 0 atom stereocenters. The Balaban J connectivity index is 0.00000110. The van der Waals surface area contributed by atoms with Gasteiger partial charge in [0.05, 0.1) is 20.4 Å². The third kappa shape index (κ3) is 13.1. The quantitative estimate of drug-likeness (QED) is 0.118. The van der Waals surface area contributed by atoms with Gasteiger partial charge in [-0.25, -0.2) is 8.42 Å². The third-order valence-corrected chi connectivity index (χ3v) is 12.9. The molecule has 14 nitrogen and oxygen atoms in total. The molecule has 332 valence electrons. The number of rotatable bonds is 13. The molecule has 0 aromatic heterocycles. The van der Waals surface area contributed by atoms with Crippen molar-refractivity contribution in [3.8, 4) is 0 Å². The summed E-state index contributed by atoms with van der Waals surface area (Å²) in [6.45, 7) is 19.5. The largest absolute Gasteiger partial charge is 0.748 e. The van der Waals surface area contributed by atoms with Crippen LogP contribution in [0.5, 0.6) is 0 Å². The molecule has 0 saturated heterocycles. The molecule has 0 amide bonds. The number of hydrogen-bond acceptors (Lipinski definition) is 12. The Morgan fingerprint density at radius 1 is 0.833 bits per heavy atom. The summed E-state index contributed by atoms with van der Waals surface area (Å²) in [6.07, 6.45) is 12.4. The first-order valence-corrected chi connectivity index (χ1v) is 24.9. The number of para-hydroxylation sites is 1. The molecule has 2 aromatic rings. The summed E-state index contributed by atoms with van der Waals surface area (Å²) in [6, 6.07) is 13.5. The molecule has 18 heteroatoms. The number of benzene rings is 2. The van der Waals surface area contributed by atoms with Crippen LogP contribution < -0.4 is 4.90 Å². The standard InChI is InChI=1S/C42H58N2O6S2.2O3S/c1-9-10-26-43-35-19-12-11-18-33(35)41(5,6)37(43)24-20-30-16-15-17-31(39(30)40(2,3)4)21-25-38-42(7,8)34-29-32(52(48,49)50)22-23-36(34)44(38)27-13-14-28-51(45,46)47;2*1-4(2)3/h11-12,18-20,22-24,29H,9-10,13-17,21,25-28H2,1-8H3,(H-,45,46,47,48,49,50);;/b30-20+,37-24+;;. The van der Waals surface area contributed by atoms with Crippen molar-refractivity contribution in [2.45, 2.75) is 129 Å². The van der Waals surface area contributed by atoms with Crippen LogP contribution in [0.2, 0.25) is 0 Å². The molecule has 60 heavy (non-hydrogen) atoms. The lowest BCUT2D eigenvalue weighted by molar-refractivity contribution is -0.440. The minimum Gasteiger partial charge on any atom is -0.748 e. The van der Waals surface area contributed by atoms with E-state index in [-0.39, 0.29) is 22.1 Å². The molecule has 3 aliphatic rings. The van der Waals surface area contributed by atoms with Crippen molar-refractivity contribution < 1.29 is 55.8 Å². The van der Waals surface area contributed by atoms with Gasteiger partial charge in [-0.3, -0.25) is 4.55 Å². The molecule has 2 heterocycles. The van der Waals surface area contributed by atoms with Crippen molar-refractivity contribution in [3.05, 3.63) is 88.2 Å². The van der Waals surface area contributed by atoms with Crippen LogP contribution in [0.25, 0.3) is 0 Å². The molecular formula is C42H58N2O12S4. The zero-order valence-corrected chi connectivity index (χ0v) is 38.9. The second-order valence-corrected chi connectivity index (χ2v) is 21.0. The smallest absolute Gasteiger partial charge is 0.425 e. The summed E-state index contributed by atoms with van der Waals surface area (Å²) in [5, 5.41) is 0. The summed E-state index contributed by atoms with van der Waals surface area (Å²) in [7, 11) is -14.9. The van der Waals surface area contributed by atoms with Crippen LogP contribution in [0.15, 0.2) is 81.9 Å². The normalized spacial score (nSPS) is 18.4. The maximum Gasteiger partial charge on any atom is 0.425 e. The maximum absolute atomic E-state index is 12.1. The van der Waals surface area contributed by atoms with Crippen LogP contribution in [0.4, 0.5) is 11.4 Å². The Bertz CT molecular complexity index is 2470. The maximum atomic E-state index is 12.1. The van der Waals surface area contributed by atoms with Gasteiger partial charge in [0.25, 0.3) is 10.1 Å². The van der Waals surface area contributed by atoms with Gasteiger partial charge in [-0.1, -0.05) is 77.8 Å². The molecule has 0 spiro atoms. The molecule has 0 unspecified atom stereocenters. The van der Waals surface area contributed by atoms with E-state index < -0.39 is 52.6 Å². The fourth-order valence-electron chi connectivity index (χ4n) is 8.85. The van der Waals surface area contributed by atoms with Crippen LogP contribution in [-0.4, -0.2) is 80.3 Å². The van der Waals surface area contributed by atoms with Crippen LogP contribution in [-0.2, 0) is 52.3 Å². The van der Waals surface area contributed by atoms with Crippen molar-refractivity contribution in [1.82, 2.24) is 0 Å². The summed E-state index contributed by atoms with van der Waals surface area (Å²) in [4.78, 5) is 2.37. The number of unbranched alkanes of at least 4 members (excludes halogenated alkanes) is 2. The first-order valence-electron chi connectivity index (χ1n) is 19.9. The first kappa shape index (κ1) is 50.5. The highest BCUT2D eigenvalue weighted by Crippen LogP contribution is 2.49. The predicted molar refractivity (Wildman–Crippen MR) is 230 cm³/mol. The highest BCUT2D eigenvalue weighted by molar-refractivity contribution is 7.86. The van der Waals surface area contributed by atoms with E-state index in [1.54, 1.807) is 12.1 Å². The van der Waals surface area contributed by atoms with Gasteiger partial charge in [0.2, 0.25) is 5.69 Å². The first-order chi connectivity index (χ1) is 27.6. The van der Waals surface area contributed by atoms with Crippen LogP contribution in [0.1, 0.15) is 124 Å². The van der Waals surface area contributed by atoms with Gasteiger partial charge < -0.3 is 9.45 Å². The Morgan fingerprint density at radius 3 is 2.02 bits per heavy atom. The second kappa shape index (κ2) is 20.4. The molecule has 1 N–H and O–H groups in total. The van der Waals surface area contributed by atoms with E-state index in [1.165, 1.54) is 39.7 Å². The molecule has 2 aliphatic heterocycles. The second-order valence-electron chi connectivity index (χ2n) is 17.2. The van der Waals surface area contributed by atoms with Gasteiger partial charge in [-0.2, -0.15) is 13.0 Å². The molecule has 0 radical (unpaired) electrons. The van der Waals surface area contributed by atoms with E-state index in [4.69, 9.17) is 25.3 Å². The lowest BCUT2D eigenvalue weighted by Gasteiger charge is -2.33. The molecule has 5 rings (SSSR count). The van der Waals surface area contributed by atoms with Crippen LogP contribution in [0, 0.1) is 5.41 Å².